The number of aryl methyl sites for hydroxylation is 1. The maximum Gasteiger partial charge on any atom is 0.0810 e. The Balaban J connectivity index is 1.55. The van der Waals surface area contributed by atoms with E-state index < -0.39 is 0 Å². The zero-order valence-electron chi connectivity index (χ0n) is 14.0. The molecular weight excluding hydrogens is 318 g/mol. The lowest BCUT2D eigenvalue weighted by Gasteiger charge is -2.15. The Bertz CT molecular complexity index is 698. The molecule has 4 rings (SSSR count). The van der Waals surface area contributed by atoms with Gasteiger partial charge in [0.2, 0.25) is 0 Å². The molecule has 0 unspecified atom stereocenters. The lowest BCUT2D eigenvalue weighted by molar-refractivity contribution is 0.833. The zero-order valence-corrected chi connectivity index (χ0v) is 15.7. The number of hydrogen-bond donors (Lipinski definition) is 1. The van der Waals surface area contributed by atoms with Gasteiger partial charge in [0.15, 0.2) is 0 Å². The molecule has 1 nitrogen and oxygen atoms in total. The van der Waals surface area contributed by atoms with Crippen LogP contribution in [-0.4, -0.2) is 0 Å². The molecule has 122 valence electrons. The van der Waals surface area contributed by atoms with E-state index in [4.69, 9.17) is 0 Å². The maximum atomic E-state index is 3.74. The van der Waals surface area contributed by atoms with Crippen molar-refractivity contribution in [3.8, 4) is 0 Å². The Morgan fingerprint density at radius 1 is 1.17 bits per heavy atom. The molecule has 2 aliphatic carbocycles. The van der Waals surface area contributed by atoms with Gasteiger partial charge in [0, 0.05) is 4.88 Å². The van der Waals surface area contributed by atoms with Crippen molar-refractivity contribution in [3.63, 3.8) is 0 Å². The van der Waals surface area contributed by atoms with E-state index in [0.29, 0.717) is 5.92 Å². The first-order valence-electron chi connectivity index (χ1n) is 8.87. The molecule has 1 heterocycles. The summed E-state index contributed by atoms with van der Waals surface area (Å²) in [7, 11) is 0. The van der Waals surface area contributed by atoms with Gasteiger partial charge in [-0.2, -0.15) is 0 Å². The summed E-state index contributed by atoms with van der Waals surface area (Å²) in [5, 5.41) is 0. The van der Waals surface area contributed by atoms with Crippen molar-refractivity contribution in [1.29, 1.82) is 0 Å². The van der Waals surface area contributed by atoms with Crippen LogP contribution in [-0.2, 0) is 19.3 Å². The quantitative estimate of drug-likeness (QED) is 0.606. The highest BCUT2D eigenvalue weighted by molar-refractivity contribution is 8.02. The van der Waals surface area contributed by atoms with Gasteiger partial charge in [-0.05, 0) is 91.1 Å². The summed E-state index contributed by atoms with van der Waals surface area (Å²) in [5.74, 6) is 1.56. The zero-order chi connectivity index (χ0) is 15.8. The summed E-state index contributed by atoms with van der Waals surface area (Å²) in [6, 6.07) is 9.32. The summed E-state index contributed by atoms with van der Waals surface area (Å²) in [6.07, 6.45) is 7.93. The largest absolute Gasteiger partial charge is 0.324 e. The molecule has 1 aromatic heterocycles. The van der Waals surface area contributed by atoms with Crippen LogP contribution in [0.3, 0.4) is 0 Å². The fraction of sp³-hybridized carbons (Fsp3) is 0.500. The van der Waals surface area contributed by atoms with Crippen molar-refractivity contribution in [2.75, 3.05) is 4.72 Å². The van der Waals surface area contributed by atoms with Crippen molar-refractivity contribution < 1.29 is 0 Å². The number of rotatable bonds is 6. The molecule has 0 amide bonds. The molecule has 2 aliphatic rings. The third-order valence-corrected chi connectivity index (χ3v) is 7.32. The third-order valence-electron chi connectivity index (χ3n) is 5.00. The van der Waals surface area contributed by atoms with E-state index in [2.05, 4.69) is 42.8 Å². The van der Waals surface area contributed by atoms with Gasteiger partial charge in [0.1, 0.15) is 0 Å². The smallest absolute Gasteiger partial charge is 0.0810 e. The number of anilines is 1. The van der Waals surface area contributed by atoms with E-state index in [1.807, 2.05) is 23.3 Å². The Kier molecular flexibility index (Phi) is 4.42. The second-order valence-corrected chi connectivity index (χ2v) is 9.48. The van der Waals surface area contributed by atoms with Crippen molar-refractivity contribution in [3.05, 3.63) is 45.8 Å². The Hall–Kier alpha value is -0.930. The second-order valence-electron chi connectivity index (χ2n) is 7.25. The minimum Gasteiger partial charge on any atom is -0.324 e. The van der Waals surface area contributed by atoms with Gasteiger partial charge in [0.05, 0.1) is 9.90 Å². The molecule has 0 saturated heterocycles. The molecule has 0 aliphatic heterocycles. The molecule has 3 heteroatoms. The van der Waals surface area contributed by atoms with E-state index >= 15 is 0 Å². The molecule has 2 aromatic rings. The summed E-state index contributed by atoms with van der Waals surface area (Å²) >= 11 is 3.73. The molecule has 1 N–H and O–H groups in total. The SMILES string of the molecule is CC(C)c1ccc(SNc2c(CC3CC3)ccc3c2CCC3)s1. The number of fused-ring (bicyclic) bond motifs is 1. The minimum atomic E-state index is 0.626. The number of hydrogen-bond acceptors (Lipinski definition) is 3. The average molecular weight is 344 g/mol. The molecule has 1 aromatic carbocycles. The van der Waals surface area contributed by atoms with E-state index in [0.717, 1.165) is 5.92 Å². The number of benzene rings is 1. The van der Waals surface area contributed by atoms with Crippen molar-refractivity contribution in [2.24, 2.45) is 5.92 Å². The predicted octanol–water partition coefficient (Wildman–Crippen LogP) is 6.43. The first-order chi connectivity index (χ1) is 11.2. The van der Waals surface area contributed by atoms with Gasteiger partial charge < -0.3 is 4.72 Å². The van der Waals surface area contributed by atoms with Crippen LogP contribution < -0.4 is 4.72 Å². The Labute approximate surface area is 148 Å². The lowest BCUT2D eigenvalue weighted by atomic mass is 9.99. The molecule has 1 fully saturated rings. The second kappa shape index (κ2) is 6.52. The predicted molar refractivity (Wildman–Crippen MR) is 103 cm³/mol. The van der Waals surface area contributed by atoms with E-state index in [-0.39, 0.29) is 0 Å². The Morgan fingerprint density at radius 3 is 2.78 bits per heavy atom. The fourth-order valence-electron chi connectivity index (χ4n) is 3.45. The van der Waals surface area contributed by atoms with Gasteiger partial charge in [0.25, 0.3) is 0 Å². The normalized spacial score (nSPS) is 16.8. The van der Waals surface area contributed by atoms with Crippen LogP contribution in [0.5, 0.6) is 0 Å². The van der Waals surface area contributed by atoms with E-state index in [1.54, 1.807) is 16.7 Å². The first-order valence-corrected chi connectivity index (χ1v) is 10.5. The molecule has 0 spiro atoms. The topological polar surface area (TPSA) is 12.0 Å². The van der Waals surface area contributed by atoms with Gasteiger partial charge in [-0.1, -0.05) is 26.0 Å². The molecule has 0 bridgehead atoms. The molecule has 23 heavy (non-hydrogen) atoms. The molecule has 1 saturated carbocycles. The van der Waals surface area contributed by atoms with Crippen molar-refractivity contribution in [2.45, 2.75) is 62.5 Å². The van der Waals surface area contributed by atoms with Gasteiger partial charge >= 0.3 is 0 Å². The maximum absolute atomic E-state index is 3.74. The van der Waals surface area contributed by atoms with E-state index in [9.17, 15) is 0 Å². The van der Waals surface area contributed by atoms with Gasteiger partial charge in [-0.15, -0.1) is 11.3 Å². The lowest BCUT2D eigenvalue weighted by Crippen LogP contribution is -2.00. The summed E-state index contributed by atoms with van der Waals surface area (Å²) in [4.78, 5) is 1.48. The van der Waals surface area contributed by atoms with Crippen LogP contribution >= 0.6 is 23.3 Å². The molecule has 0 atom stereocenters. The third kappa shape index (κ3) is 3.46. The van der Waals surface area contributed by atoms with Crippen molar-refractivity contribution >= 4 is 29.0 Å². The first kappa shape index (κ1) is 15.6. The van der Waals surface area contributed by atoms with Crippen LogP contribution in [0.1, 0.15) is 60.6 Å². The van der Waals surface area contributed by atoms with Crippen LogP contribution in [0.15, 0.2) is 28.5 Å². The Morgan fingerprint density at radius 2 is 2.04 bits per heavy atom. The fourth-order valence-corrected chi connectivity index (χ4v) is 5.36. The highest BCUT2D eigenvalue weighted by atomic mass is 32.2. The van der Waals surface area contributed by atoms with Crippen LogP contribution in [0.2, 0.25) is 0 Å². The standard InChI is InChI=1S/C20H25NS2/c1-13(2)18-10-11-19(22-18)23-21-20-16(12-14-6-7-14)9-8-15-4-3-5-17(15)20/h8-11,13-14,21H,3-7,12H2,1-2H3. The summed E-state index contributed by atoms with van der Waals surface area (Å²) in [6.45, 7) is 4.54. The van der Waals surface area contributed by atoms with Gasteiger partial charge in [-0.3, -0.25) is 0 Å². The van der Waals surface area contributed by atoms with Crippen LogP contribution in [0.4, 0.5) is 5.69 Å². The van der Waals surface area contributed by atoms with Crippen molar-refractivity contribution in [1.82, 2.24) is 0 Å². The number of thiophene rings is 1. The van der Waals surface area contributed by atoms with Crippen LogP contribution in [0.25, 0.3) is 0 Å². The highest BCUT2D eigenvalue weighted by Gasteiger charge is 2.25. The molecule has 0 radical (unpaired) electrons. The summed E-state index contributed by atoms with van der Waals surface area (Å²) < 4.78 is 5.12. The number of nitrogens with one attached hydrogen (secondary N) is 1. The molecular formula is C20H25NS2. The van der Waals surface area contributed by atoms with E-state index in [1.165, 1.54) is 53.3 Å². The van der Waals surface area contributed by atoms with Gasteiger partial charge in [-0.25, -0.2) is 0 Å². The van der Waals surface area contributed by atoms with Crippen LogP contribution in [0, 0.1) is 5.92 Å². The monoisotopic (exact) mass is 343 g/mol. The average Bonchev–Trinajstić information content (AvgIpc) is 3.03. The minimum absolute atomic E-state index is 0.626. The highest BCUT2D eigenvalue weighted by Crippen LogP contribution is 2.40. The summed E-state index contributed by atoms with van der Waals surface area (Å²) in [5.41, 5.74) is 6.15.